The van der Waals surface area contributed by atoms with Crippen molar-refractivity contribution in [2.75, 3.05) is 20.0 Å². The van der Waals surface area contributed by atoms with Gasteiger partial charge in [0.05, 0.1) is 55.3 Å². The number of fused-ring (bicyclic) bond motifs is 1. The van der Waals surface area contributed by atoms with Crippen LogP contribution in [0.5, 0.6) is 11.5 Å². The number of nitrogen functional groups attached to an aromatic ring is 1. The lowest BCUT2D eigenvalue weighted by molar-refractivity contribution is 0.103. The monoisotopic (exact) mass is 552 g/mol. The molecule has 0 fully saturated rings. The van der Waals surface area contributed by atoms with Crippen molar-refractivity contribution in [3.63, 3.8) is 0 Å². The number of allylic oxidation sites excluding steroid dienone is 2. The van der Waals surface area contributed by atoms with E-state index in [1.807, 2.05) is 60.2 Å². The zero-order chi connectivity index (χ0) is 28.7. The predicted octanol–water partition coefficient (Wildman–Crippen LogP) is 4.54. The summed E-state index contributed by atoms with van der Waals surface area (Å²) in [5.41, 5.74) is 10.0. The van der Waals surface area contributed by atoms with Gasteiger partial charge in [-0.1, -0.05) is 18.2 Å². The molecule has 1 aliphatic heterocycles. The maximum atomic E-state index is 14.3. The summed E-state index contributed by atoms with van der Waals surface area (Å²) < 4.78 is 28.4. The minimum atomic E-state index is -0.407. The Morgan fingerprint density at radius 1 is 1.12 bits per heavy atom. The summed E-state index contributed by atoms with van der Waals surface area (Å²) in [4.78, 5) is 18.6. The minimum Gasteiger partial charge on any atom is -0.497 e. The van der Waals surface area contributed by atoms with E-state index in [0.29, 0.717) is 29.1 Å². The van der Waals surface area contributed by atoms with Gasteiger partial charge in [0, 0.05) is 23.9 Å². The van der Waals surface area contributed by atoms with E-state index in [4.69, 9.17) is 15.2 Å². The number of aliphatic imine (C=N–C) groups is 1. The van der Waals surface area contributed by atoms with Gasteiger partial charge in [-0.15, -0.1) is 0 Å². The Labute approximate surface area is 236 Å². The largest absolute Gasteiger partial charge is 0.497 e. The van der Waals surface area contributed by atoms with Crippen LogP contribution < -0.4 is 20.5 Å². The summed E-state index contributed by atoms with van der Waals surface area (Å²) in [6, 6.07) is 13.6. The summed E-state index contributed by atoms with van der Waals surface area (Å²) in [5.74, 6) is 1.60. The molecular formula is C31H29FN6O3. The van der Waals surface area contributed by atoms with Crippen LogP contribution >= 0.6 is 0 Å². The summed E-state index contributed by atoms with van der Waals surface area (Å²) in [7, 11) is 3.13. The van der Waals surface area contributed by atoms with E-state index < -0.39 is 5.82 Å². The first kappa shape index (κ1) is 26.1. The average molecular weight is 553 g/mol. The van der Waals surface area contributed by atoms with E-state index in [1.165, 1.54) is 25.4 Å². The third-order valence-corrected chi connectivity index (χ3v) is 7.31. The van der Waals surface area contributed by atoms with Gasteiger partial charge < -0.3 is 25.1 Å². The second-order valence-electron chi connectivity index (χ2n) is 9.94. The molecule has 41 heavy (non-hydrogen) atoms. The quantitative estimate of drug-likeness (QED) is 0.311. The first-order valence-corrected chi connectivity index (χ1v) is 13.1. The van der Waals surface area contributed by atoms with Gasteiger partial charge >= 0.3 is 0 Å². The number of carbonyl (C=O) groups excluding carboxylic acids is 1. The van der Waals surface area contributed by atoms with E-state index >= 15 is 0 Å². The highest BCUT2D eigenvalue weighted by molar-refractivity contribution is 6.11. The van der Waals surface area contributed by atoms with Gasteiger partial charge in [-0.25, -0.2) is 9.07 Å². The van der Waals surface area contributed by atoms with Crippen molar-refractivity contribution >= 4 is 23.1 Å². The van der Waals surface area contributed by atoms with Crippen LogP contribution in [0, 0.1) is 5.82 Å². The Hall–Kier alpha value is -5.12. The number of ether oxygens (including phenoxy) is 2. The predicted molar refractivity (Wildman–Crippen MR) is 156 cm³/mol. The summed E-state index contributed by atoms with van der Waals surface area (Å²) in [6.45, 7) is 2.31. The van der Waals surface area contributed by atoms with E-state index in [-0.39, 0.29) is 29.2 Å². The molecule has 2 aromatic carbocycles. The van der Waals surface area contributed by atoms with Gasteiger partial charge in [0.1, 0.15) is 23.1 Å². The van der Waals surface area contributed by atoms with Gasteiger partial charge in [-0.05, 0) is 61.0 Å². The maximum Gasteiger partial charge on any atom is 0.214 e. The lowest BCUT2D eigenvalue weighted by Crippen LogP contribution is -2.32. The van der Waals surface area contributed by atoms with E-state index in [9.17, 15) is 9.18 Å². The summed E-state index contributed by atoms with van der Waals surface area (Å²) >= 11 is 0. The number of anilines is 1. The first-order chi connectivity index (χ1) is 19.8. The molecule has 2 aliphatic rings. The first-order valence-electron chi connectivity index (χ1n) is 13.1. The summed E-state index contributed by atoms with van der Waals surface area (Å²) in [5, 5.41) is 7.75. The maximum absolute atomic E-state index is 14.3. The number of methoxy groups -OCH3 is 2. The fourth-order valence-electron chi connectivity index (χ4n) is 5.23. The van der Waals surface area contributed by atoms with Crippen LogP contribution in [-0.4, -0.2) is 52.3 Å². The van der Waals surface area contributed by atoms with Crippen LogP contribution in [0.15, 0.2) is 84.1 Å². The number of amidine groups is 1. The molecule has 1 aliphatic carbocycles. The molecule has 2 unspecified atom stereocenters. The van der Waals surface area contributed by atoms with Gasteiger partial charge in [-0.3, -0.25) is 9.79 Å². The van der Waals surface area contributed by atoms with Crippen LogP contribution in [0.4, 0.5) is 10.2 Å². The molecule has 0 spiro atoms. The van der Waals surface area contributed by atoms with Gasteiger partial charge in [0.15, 0.2) is 0 Å². The molecule has 2 aromatic heterocycles. The van der Waals surface area contributed by atoms with Crippen LogP contribution in [0.25, 0.3) is 16.8 Å². The van der Waals surface area contributed by atoms with Crippen LogP contribution in [0.2, 0.25) is 0 Å². The standard InChI is InChI=1S/C31H29FN6O3/c1-18-35-26-10-7-22(14-27(26)36-18)38-31(33)25(15-34-38)30(39)28-12-20(24-13-21(32)6-11-29(24)41-3)17-37(28)16-19-4-8-23(40-2)9-5-19/h4-15,17,26-27H,16,33H2,1-3H3,(H,35,36). The number of hydrogen-bond acceptors (Lipinski definition) is 7. The Bertz CT molecular complexity index is 1730. The number of nitrogens with zero attached hydrogens (tertiary/aromatic N) is 4. The molecule has 9 nitrogen and oxygen atoms in total. The number of carbonyl (C=O) groups is 1. The molecule has 3 heterocycles. The van der Waals surface area contributed by atoms with Crippen LogP contribution in [0.3, 0.4) is 0 Å². The number of nitrogens with one attached hydrogen (secondary N) is 1. The van der Waals surface area contributed by atoms with Gasteiger partial charge in [0.25, 0.3) is 0 Å². The number of nitrogens with two attached hydrogens (primary N) is 1. The van der Waals surface area contributed by atoms with Crippen molar-refractivity contribution in [3.05, 3.63) is 102 Å². The van der Waals surface area contributed by atoms with Crippen molar-refractivity contribution in [2.45, 2.75) is 25.6 Å². The molecule has 208 valence electrons. The van der Waals surface area contributed by atoms with Gasteiger partial charge in [-0.2, -0.15) is 5.10 Å². The lowest BCUT2D eigenvalue weighted by Gasteiger charge is -2.18. The second-order valence-corrected chi connectivity index (χ2v) is 9.94. The molecule has 0 amide bonds. The number of ketones is 1. The molecular weight excluding hydrogens is 523 g/mol. The Morgan fingerprint density at radius 3 is 2.68 bits per heavy atom. The van der Waals surface area contributed by atoms with Crippen molar-refractivity contribution in [1.29, 1.82) is 0 Å². The van der Waals surface area contributed by atoms with Crippen molar-refractivity contribution in [1.82, 2.24) is 19.7 Å². The van der Waals surface area contributed by atoms with Crippen LogP contribution in [-0.2, 0) is 6.54 Å². The Kier molecular flexibility index (Phi) is 6.66. The number of halogens is 1. The van der Waals surface area contributed by atoms with Crippen molar-refractivity contribution in [2.24, 2.45) is 4.99 Å². The Balaban J connectivity index is 1.39. The highest BCUT2D eigenvalue weighted by Crippen LogP contribution is 2.34. The molecule has 10 heteroatoms. The highest BCUT2D eigenvalue weighted by atomic mass is 19.1. The summed E-state index contributed by atoms with van der Waals surface area (Å²) in [6.07, 6.45) is 9.21. The zero-order valence-corrected chi connectivity index (χ0v) is 22.8. The fraction of sp³-hybridized carbons (Fsp3) is 0.194. The fourth-order valence-corrected chi connectivity index (χ4v) is 5.23. The van der Waals surface area contributed by atoms with Crippen LogP contribution in [0.1, 0.15) is 28.5 Å². The normalized spacial score (nSPS) is 17.5. The van der Waals surface area contributed by atoms with Crippen molar-refractivity contribution < 1.29 is 18.7 Å². The minimum absolute atomic E-state index is 0.0664. The third kappa shape index (κ3) is 4.88. The molecule has 2 atom stereocenters. The molecule has 0 bridgehead atoms. The molecule has 0 saturated heterocycles. The SMILES string of the molecule is COc1ccc(Cn2cc(-c3cc(F)ccc3OC)cc2C(=O)c2cnn(C3=CC4N=C(C)NC4C=C3)c2N)cc1. The number of rotatable bonds is 8. The second kappa shape index (κ2) is 10.5. The number of aromatic nitrogens is 3. The molecule has 6 rings (SSSR count). The third-order valence-electron chi connectivity index (χ3n) is 7.31. The smallest absolute Gasteiger partial charge is 0.214 e. The van der Waals surface area contributed by atoms with E-state index in [1.54, 1.807) is 23.9 Å². The molecule has 4 aromatic rings. The number of benzene rings is 2. The average Bonchev–Trinajstić information content (AvgIpc) is 3.68. The highest BCUT2D eigenvalue weighted by Gasteiger charge is 2.28. The molecule has 0 radical (unpaired) electrons. The molecule has 0 saturated carbocycles. The topological polar surface area (TPSA) is 109 Å². The van der Waals surface area contributed by atoms with E-state index in [0.717, 1.165) is 22.8 Å². The molecule has 3 N–H and O–H groups in total. The zero-order valence-electron chi connectivity index (χ0n) is 22.8. The van der Waals surface area contributed by atoms with Gasteiger partial charge in [0.2, 0.25) is 5.78 Å². The lowest BCUT2D eigenvalue weighted by atomic mass is 10.0. The number of hydrogen-bond donors (Lipinski definition) is 2. The van der Waals surface area contributed by atoms with E-state index in [2.05, 4.69) is 15.4 Å². The Morgan fingerprint density at radius 2 is 1.93 bits per heavy atom. The van der Waals surface area contributed by atoms with Crippen molar-refractivity contribution in [3.8, 4) is 22.6 Å².